The zero-order valence-electron chi connectivity index (χ0n) is 9.28. The normalized spacial score (nSPS) is 12.0. The summed E-state index contributed by atoms with van der Waals surface area (Å²) in [5.74, 6) is -0.425. The predicted molar refractivity (Wildman–Crippen MR) is 63.3 cm³/mol. The molecule has 5 heteroatoms. The molecule has 0 saturated heterocycles. The minimum absolute atomic E-state index is 0.530. The summed E-state index contributed by atoms with van der Waals surface area (Å²) >= 11 is 3.32. The average Bonchev–Trinajstić information content (AvgIpc) is 2.27. The second kappa shape index (κ2) is 5.21. The Kier molecular flexibility index (Phi) is 4.18. The Bertz CT molecular complexity index is 403. The molecule has 0 heterocycles. The van der Waals surface area contributed by atoms with Crippen molar-refractivity contribution in [3.63, 3.8) is 0 Å². The van der Waals surface area contributed by atoms with Crippen molar-refractivity contribution in [1.82, 2.24) is 0 Å². The van der Waals surface area contributed by atoms with Crippen LogP contribution in [0.5, 0.6) is 11.5 Å². The number of carboxylic acids is 1. The van der Waals surface area contributed by atoms with Gasteiger partial charge in [-0.05, 0) is 35.0 Å². The third kappa shape index (κ3) is 2.47. The van der Waals surface area contributed by atoms with Crippen LogP contribution in [-0.2, 0) is 4.79 Å². The van der Waals surface area contributed by atoms with E-state index in [1.165, 1.54) is 14.2 Å². The first-order valence-corrected chi connectivity index (χ1v) is 5.44. The van der Waals surface area contributed by atoms with E-state index in [9.17, 15) is 4.79 Å². The number of aliphatic carboxylic acids is 1. The lowest BCUT2D eigenvalue weighted by molar-refractivity contribution is -0.138. The molecule has 0 fully saturated rings. The Morgan fingerprint density at radius 2 is 1.88 bits per heavy atom. The SMILES string of the molecule is COc1cc(C(C)C(=O)O)c(OC)cc1Br. The summed E-state index contributed by atoms with van der Waals surface area (Å²) in [5.41, 5.74) is 0.593. The number of methoxy groups -OCH3 is 2. The molecular weight excluding hydrogens is 276 g/mol. The first-order chi connectivity index (χ1) is 7.51. The van der Waals surface area contributed by atoms with Gasteiger partial charge >= 0.3 is 5.97 Å². The highest BCUT2D eigenvalue weighted by molar-refractivity contribution is 9.10. The zero-order chi connectivity index (χ0) is 12.3. The Morgan fingerprint density at radius 1 is 1.31 bits per heavy atom. The quantitative estimate of drug-likeness (QED) is 0.925. The van der Waals surface area contributed by atoms with Crippen molar-refractivity contribution >= 4 is 21.9 Å². The van der Waals surface area contributed by atoms with Gasteiger partial charge in [0.25, 0.3) is 0 Å². The molecule has 0 saturated carbocycles. The molecule has 0 bridgehead atoms. The van der Waals surface area contributed by atoms with E-state index in [0.29, 0.717) is 17.1 Å². The summed E-state index contributed by atoms with van der Waals surface area (Å²) in [6.45, 7) is 1.60. The number of ether oxygens (including phenoxy) is 2. The number of benzene rings is 1. The number of carbonyl (C=O) groups is 1. The third-order valence-corrected chi connectivity index (χ3v) is 2.96. The number of hydrogen-bond donors (Lipinski definition) is 1. The molecule has 0 aliphatic carbocycles. The molecule has 16 heavy (non-hydrogen) atoms. The Hall–Kier alpha value is -1.23. The summed E-state index contributed by atoms with van der Waals surface area (Å²) in [4.78, 5) is 10.9. The van der Waals surface area contributed by atoms with Crippen molar-refractivity contribution in [2.24, 2.45) is 0 Å². The lowest BCUT2D eigenvalue weighted by Gasteiger charge is -2.14. The van der Waals surface area contributed by atoms with E-state index in [-0.39, 0.29) is 0 Å². The van der Waals surface area contributed by atoms with Gasteiger partial charge in [0.1, 0.15) is 11.5 Å². The highest BCUT2D eigenvalue weighted by Crippen LogP contribution is 2.36. The van der Waals surface area contributed by atoms with Gasteiger partial charge in [0.05, 0.1) is 24.6 Å². The average molecular weight is 289 g/mol. The minimum atomic E-state index is -0.900. The van der Waals surface area contributed by atoms with E-state index >= 15 is 0 Å². The number of carboxylic acid groups (broad SMARTS) is 1. The van der Waals surface area contributed by atoms with Crippen molar-refractivity contribution in [3.8, 4) is 11.5 Å². The molecule has 1 rings (SSSR count). The van der Waals surface area contributed by atoms with Crippen LogP contribution < -0.4 is 9.47 Å². The van der Waals surface area contributed by atoms with E-state index in [4.69, 9.17) is 14.6 Å². The molecule has 0 radical (unpaired) electrons. The molecule has 0 aliphatic rings. The maximum absolute atomic E-state index is 10.9. The Labute approximate surface area is 102 Å². The van der Waals surface area contributed by atoms with Crippen molar-refractivity contribution < 1.29 is 19.4 Å². The molecular formula is C11H13BrO4. The third-order valence-electron chi connectivity index (χ3n) is 2.34. The van der Waals surface area contributed by atoms with E-state index in [1.54, 1.807) is 19.1 Å². The zero-order valence-corrected chi connectivity index (χ0v) is 10.9. The summed E-state index contributed by atoms with van der Waals surface area (Å²) in [7, 11) is 3.04. The summed E-state index contributed by atoms with van der Waals surface area (Å²) in [5, 5.41) is 8.98. The smallest absolute Gasteiger partial charge is 0.310 e. The van der Waals surface area contributed by atoms with Crippen LogP contribution in [0.4, 0.5) is 0 Å². The number of hydrogen-bond acceptors (Lipinski definition) is 3. The van der Waals surface area contributed by atoms with Gasteiger partial charge in [-0.2, -0.15) is 0 Å². The van der Waals surface area contributed by atoms with Crippen LogP contribution in [0.1, 0.15) is 18.4 Å². The fourth-order valence-corrected chi connectivity index (χ4v) is 1.84. The largest absolute Gasteiger partial charge is 0.496 e. The maximum atomic E-state index is 10.9. The van der Waals surface area contributed by atoms with E-state index in [2.05, 4.69) is 15.9 Å². The molecule has 1 atom stereocenters. The van der Waals surface area contributed by atoms with Gasteiger partial charge in [-0.15, -0.1) is 0 Å². The van der Waals surface area contributed by atoms with Crippen molar-refractivity contribution in [2.75, 3.05) is 14.2 Å². The molecule has 1 N–H and O–H groups in total. The monoisotopic (exact) mass is 288 g/mol. The fraction of sp³-hybridized carbons (Fsp3) is 0.364. The molecule has 0 aromatic heterocycles. The van der Waals surface area contributed by atoms with Crippen molar-refractivity contribution in [3.05, 3.63) is 22.2 Å². The number of halogens is 1. The topological polar surface area (TPSA) is 55.8 Å². The maximum Gasteiger partial charge on any atom is 0.310 e. The molecule has 88 valence electrons. The van der Waals surface area contributed by atoms with Gasteiger partial charge in [-0.1, -0.05) is 0 Å². The molecule has 1 aromatic carbocycles. The van der Waals surface area contributed by atoms with Gasteiger partial charge in [0.15, 0.2) is 0 Å². The van der Waals surface area contributed by atoms with Crippen LogP contribution >= 0.6 is 15.9 Å². The summed E-state index contributed by atoms with van der Waals surface area (Å²) in [6.07, 6.45) is 0. The molecule has 0 aliphatic heterocycles. The van der Waals surface area contributed by atoms with Gasteiger partial charge < -0.3 is 14.6 Å². The molecule has 1 unspecified atom stereocenters. The predicted octanol–water partition coefficient (Wildman–Crippen LogP) is 2.65. The van der Waals surface area contributed by atoms with E-state index in [1.807, 2.05) is 0 Å². The standard InChI is InChI=1S/C11H13BrO4/c1-6(11(13)14)7-4-10(16-3)8(12)5-9(7)15-2/h4-6H,1-3H3,(H,13,14). The van der Waals surface area contributed by atoms with E-state index in [0.717, 1.165) is 4.47 Å². The van der Waals surface area contributed by atoms with Crippen LogP contribution in [0.2, 0.25) is 0 Å². The lowest BCUT2D eigenvalue weighted by atomic mass is 10.00. The second-order valence-electron chi connectivity index (χ2n) is 3.29. The van der Waals surface area contributed by atoms with Gasteiger partial charge in [0, 0.05) is 5.56 Å². The van der Waals surface area contributed by atoms with Crippen LogP contribution in [0.15, 0.2) is 16.6 Å². The second-order valence-corrected chi connectivity index (χ2v) is 4.14. The van der Waals surface area contributed by atoms with Crippen LogP contribution in [0.25, 0.3) is 0 Å². The summed E-state index contributed by atoms with van der Waals surface area (Å²) in [6, 6.07) is 3.37. The first-order valence-electron chi connectivity index (χ1n) is 4.65. The Morgan fingerprint density at radius 3 is 2.31 bits per heavy atom. The summed E-state index contributed by atoms with van der Waals surface area (Å²) < 4.78 is 11.0. The van der Waals surface area contributed by atoms with Crippen molar-refractivity contribution in [1.29, 1.82) is 0 Å². The first kappa shape index (κ1) is 12.8. The molecule has 0 amide bonds. The van der Waals surface area contributed by atoms with Gasteiger partial charge in [-0.3, -0.25) is 4.79 Å². The molecule has 0 spiro atoms. The highest BCUT2D eigenvalue weighted by Gasteiger charge is 2.20. The van der Waals surface area contributed by atoms with Gasteiger partial charge in [0.2, 0.25) is 0 Å². The van der Waals surface area contributed by atoms with Crippen LogP contribution in [0.3, 0.4) is 0 Å². The fourth-order valence-electron chi connectivity index (χ4n) is 1.36. The minimum Gasteiger partial charge on any atom is -0.496 e. The lowest BCUT2D eigenvalue weighted by Crippen LogP contribution is -2.09. The molecule has 4 nitrogen and oxygen atoms in total. The van der Waals surface area contributed by atoms with Crippen LogP contribution in [0, 0.1) is 0 Å². The Balaban J connectivity index is 3.29. The van der Waals surface area contributed by atoms with Crippen molar-refractivity contribution in [2.45, 2.75) is 12.8 Å². The molecule has 1 aromatic rings. The highest BCUT2D eigenvalue weighted by atomic mass is 79.9. The van der Waals surface area contributed by atoms with Gasteiger partial charge in [-0.25, -0.2) is 0 Å². The van der Waals surface area contributed by atoms with Crippen LogP contribution in [-0.4, -0.2) is 25.3 Å². The van der Waals surface area contributed by atoms with E-state index < -0.39 is 11.9 Å². The number of rotatable bonds is 4.